The number of hydrogen-bond donors (Lipinski definition) is 2. The van der Waals surface area contributed by atoms with Crippen LogP contribution in [0.1, 0.15) is 52.7 Å². The number of nitrogens with zero attached hydrogens (tertiary/aromatic N) is 2. The van der Waals surface area contributed by atoms with Crippen molar-refractivity contribution in [2.45, 2.75) is 82.2 Å². The number of hydrogen-bond acceptors (Lipinski definition) is 8. The number of benzene rings is 1. The maximum absolute atomic E-state index is 13.5. The number of likely N-dealkylation sites (tertiary alicyclic amines) is 1. The van der Waals surface area contributed by atoms with Crippen LogP contribution in [0.25, 0.3) is 10.9 Å². The molecule has 2 aliphatic rings. The number of aromatic nitrogens is 1. The number of para-hydroxylation sites is 1. The summed E-state index contributed by atoms with van der Waals surface area (Å²) >= 11 is 0. The van der Waals surface area contributed by atoms with E-state index in [0.29, 0.717) is 18.2 Å². The molecule has 2 fully saturated rings. The molecule has 2 aromatic rings. The van der Waals surface area contributed by atoms with Crippen molar-refractivity contribution in [1.29, 1.82) is 0 Å². The summed E-state index contributed by atoms with van der Waals surface area (Å²) < 4.78 is 78.1. The highest BCUT2D eigenvalue weighted by Gasteiger charge is 2.44. The molecular formula is C26H31F3N4O7S. The topological polar surface area (TPSA) is 144 Å². The summed E-state index contributed by atoms with van der Waals surface area (Å²) in [4.78, 5) is 43.4. The van der Waals surface area contributed by atoms with Crippen LogP contribution in [0.15, 0.2) is 30.3 Å². The standard InChI is InChI=1S/C26H31F3N4O7S/c1-14(22(34)32-41(37,38)16-9-10-16)30-23(35)19-11-15(13-33(19)24(36)40-25(2,3)4)39-20-12-21(26(27,28)29)31-18-8-6-5-7-17(18)20/h5-8,12,14-16,19H,9-11,13H2,1-4H3,(H,30,35)(H,32,34)/t14-,15-,19+/m1/s1. The molecule has 224 valence electrons. The summed E-state index contributed by atoms with van der Waals surface area (Å²) in [7, 11) is -3.85. The van der Waals surface area contributed by atoms with Gasteiger partial charge >= 0.3 is 12.3 Å². The lowest BCUT2D eigenvalue weighted by Gasteiger charge is -2.28. The normalized spacial score (nSPS) is 20.4. The van der Waals surface area contributed by atoms with Crippen LogP contribution in [0.3, 0.4) is 0 Å². The molecule has 11 nitrogen and oxygen atoms in total. The van der Waals surface area contributed by atoms with Gasteiger partial charge in [0.05, 0.1) is 17.3 Å². The second-order valence-corrected chi connectivity index (χ2v) is 13.0. The van der Waals surface area contributed by atoms with Gasteiger partial charge in [0.25, 0.3) is 5.91 Å². The van der Waals surface area contributed by atoms with E-state index in [2.05, 4.69) is 10.3 Å². The molecule has 1 aliphatic carbocycles. The maximum Gasteiger partial charge on any atom is 0.433 e. The Kier molecular flexibility index (Phi) is 8.13. The van der Waals surface area contributed by atoms with Gasteiger partial charge in [-0.3, -0.25) is 19.2 Å². The zero-order chi connectivity index (χ0) is 30.3. The number of carbonyl (C=O) groups is 3. The first-order valence-electron chi connectivity index (χ1n) is 12.9. The van der Waals surface area contributed by atoms with E-state index in [1.165, 1.54) is 19.1 Å². The molecule has 2 N–H and O–H groups in total. The molecule has 1 saturated heterocycles. The van der Waals surface area contributed by atoms with E-state index in [4.69, 9.17) is 9.47 Å². The fourth-order valence-electron chi connectivity index (χ4n) is 4.28. The lowest BCUT2D eigenvalue weighted by molar-refractivity contribution is -0.141. The van der Waals surface area contributed by atoms with Crippen molar-refractivity contribution < 1.29 is 45.4 Å². The minimum atomic E-state index is -4.74. The van der Waals surface area contributed by atoms with Crippen molar-refractivity contribution in [3.8, 4) is 5.75 Å². The van der Waals surface area contributed by atoms with E-state index >= 15 is 0 Å². The average Bonchev–Trinajstić information content (AvgIpc) is 3.63. The molecule has 3 atom stereocenters. The Morgan fingerprint density at radius 1 is 1.12 bits per heavy atom. The molecule has 0 unspecified atom stereocenters. The van der Waals surface area contributed by atoms with Gasteiger partial charge in [-0.2, -0.15) is 13.2 Å². The molecule has 0 spiro atoms. The van der Waals surface area contributed by atoms with E-state index in [9.17, 15) is 36.0 Å². The molecule has 1 saturated carbocycles. The summed E-state index contributed by atoms with van der Waals surface area (Å²) in [5, 5.41) is 2.07. The summed E-state index contributed by atoms with van der Waals surface area (Å²) in [6.07, 6.45) is -5.80. The Morgan fingerprint density at radius 2 is 1.78 bits per heavy atom. The summed E-state index contributed by atoms with van der Waals surface area (Å²) in [6, 6.07) is 4.37. The van der Waals surface area contributed by atoms with Crippen molar-refractivity contribution in [2.75, 3.05) is 6.54 Å². The quantitative estimate of drug-likeness (QED) is 0.494. The first kappa shape index (κ1) is 30.3. The number of rotatable bonds is 7. The number of sulfonamides is 1. The van der Waals surface area contributed by atoms with Crippen molar-refractivity contribution >= 4 is 38.8 Å². The van der Waals surface area contributed by atoms with E-state index in [-0.39, 0.29) is 24.2 Å². The first-order valence-corrected chi connectivity index (χ1v) is 14.5. The third-order valence-corrected chi connectivity index (χ3v) is 8.25. The van der Waals surface area contributed by atoms with Gasteiger partial charge in [-0.15, -0.1) is 0 Å². The van der Waals surface area contributed by atoms with Gasteiger partial charge in [0.2, 0.25) is 15.9 Å². The summed E-state index contributed by atoms with van der Waals surface area (Å²) in [5.41, 5.74) is -2.04. The molecule has 1 aromatic heterocycles. The fraction of sp³-hybridized carbons (Fsp3) is 0.538. The molecule has 15 heteroatoms. The molecule has 4 rings (SSSR count). The van der Waals surface area contributed by atoms with Crippen LogP contribution in [0.2, 0.25) is 0 Å². The Hall–Kier alpha value is -3.62. The van der Waals surface area contributed by atoms with Crippen LogP contribution in [0, 0.1) is 0 Å². The van der Waals surface area contributed by atoms with Crippen molar-refractivity contribution in [1.82, 2.24) is 19.9 Å². The van der Waals surface area contributed by atoms with Crippen molar-refractivity contribution in [3.05, 3.63) is 36.0 Å². The van der Waals surface area contributed by atoms with Crippen LogP contribution in [0.4, 0.5) is 18.0 Å². The molecule has 0 bridgehead atoms. The number of alkyl halides is 3. The van der Waals surface area contributed by atoms with Crippen molar-refractivity contribution in [3.63, 3.8) is 0 Å². The number of carbonyl (C=O) groups excluding carboxylic acids is 3. The minimum absolute atomic E-state index is 0.0506. The summed E-state index contributed by atoms with van der Waals surface area (Å²) in [5.74, 6) is -1.86. The molecule has 0 radical (unpaired) electrons. The second-order valence-electron chi connectivity index (χ2n) is 11.1. The molecule has 1 aromatic carbocycles. The van der Waals surface area contributed by atoms with Crippen LogP contribution in [0.5, 0.6) is 5.75 Å². The summed E-state index contributed by atoms with van der Waals surface area (Å²) in [6.45, 7) is 5.95. The SMILES string of the molecule is C[C@@H](NC(=O)[C@@H]1C[C@@H](Oc2cc(C(F)(F)F)nc3ccccc23)CN1C(=O)OC(C)(C)C)C(=O)NS(=O)(=O)C1CC1. The van der Waals surface area contributed by atoms with E-state index in [1.807, 2.05) is 4.72 Å². The number of halogens is 3. The predicted octanol–water partition coefficient (Wildman–Crippen LogP) is 3.12. The van der Waals surface area contributed by atoms with Crippen LogP contribution < -0.4 is 14.8 Å². The van der Waals surface area contributed by atoms with Gasteiger partial charge < -0.3 is 14.8 Å². The highest BCUT2D eigenvalue weighted by Crippen LogP contribution is 2.36. The van der Waals surface area contributed by atoms with E-state index in [1.54, 1.807) is 32.9 Å². The van der Waals surface area contributed by atoms with Gasteiger partial charge in [0, 0.05) is 17.9 Å². The Balaban J connectivity index is 1.55. The Morgan fingerprint density at radius 3 is 2.39 bits per heavy atom. The molecule has 1 aliphatic heterocycles. The number of amides is 3. The average molecular weight is 601 g/mol. The second kappa shape index (κ2) is 11.0. The van der Waals surface area contributed by atoms with Gasteiger partial charge in [-0.25, -0.2) is 18.2 Å². The van der Waals surface area contributed by atoms with Crippen molar-refractivity contribution in [2.24, 2.45) is 0 Å². The van der Waals surface area contributed by atoms with Crippen LogP contribution >= 0.6 is 0 Å². The van der Waals surface area contributed by atoms with Crippen LogP contribution in [-0.2, 0) is 30.5 Å². The number of pyridine rings is 1. The predicted molar refractivity (Wildman–Crippen MR) is 140 cm³/mol. The minimum Gasteiger partial charge on any atom is -0.488 e. The van der Waals surface area contributed by atoms with Gasteiger partial charge in [-0.05, 0) is 52.7 Å². The third kappa shape index (κ3) is 7.37. The van der Waals surface area contributed by atoms with Gasteiger partial charge in [-0.1, -0.05) is 12.1 Å². The number of nitrogens with one attached hydrogen (secondary N) is 2. The molecular weight excluding hydrogens is 569 g/mol. The number of fused-ring (bicyclic) bond motifs is 1. The monoisotopic (exact) mass is 600 g/mol. The lowest BCUT2D eigenvalue weighted by atomic mass is 10.1. The van der Waals surface area contributed by atoms with E-state index < -0.39 is 68.8 Å². The zero-order valence-electron chi connectivity index (χ0n) is 22.8. The van der Waals surface area contributed by atoms with Gasteiger partial charge in [0.15, 0.2) is 0 Å². The number of ether oxygens (including phenoxy) is 2. The Labute approximate surface area is 234 Å². The highest BCUT2D eigenvalue weighted by molar-refractivity contribution is 7.90. The smallest absolute Gasteiger partial charge is 0.433 e. The molecule has 3 amide bonds. The maximum atomic E-state index is 13.5. The van der Waals surface area contributed by atoms with Gasteiger partial charge in [0.1, 0.15) is 35.2 Å². The van der Waals surface area contributed by atoms with E-state index in [0.717, 1.165) is 11.0 Å². The first-order chi connectivity index (χ1) is 18.9. The molecule has 2 heterocycles. The lowest BCUT2D eigenvalue weighted by Crippen LogP contribution is -2.53. The van der Waals surface area contributed by atoms with Crippen LogP contribution in [-0.4, -0.2) is 71.8 Å². The fourth-order valence-corrected chi connectivity index (χ4v) is 5.67. The zero-order valence-corrected chi connectivity index (χ0v) is 23.6. The third-order valence-electron chi connectivity index (χ3n) is 6.41. The molecule has 41 heavy (non-hydrogen) atoms. The highest BCUT2D eigenvalue weighted by atomic mass is 32.2. The largest absolute Gasteiger partial charge is 0.488 e. The Bertz CT molecular complexity index is 1460.